The van der Waals surface area contributed by atoms with Crippen molar-refractivity contribution >= 4 is 47.7 Å². The van der Waals surface area contributed by atoms with Crippen LogP contribution in [0.15, 0.2) is 121 Å². The molecule has 1 aliphatic rings. The largest absolute Gasteiger partial charge is 0.184 e. The Morgan fingerprint density at radius 1 is 0.698 bits per heavy atom. The Bertz CT molecular complexity index is 1730. The van der Waals surface area contributed by atoms with Gasteiger partial charge < -0.3 is 0 Å². The molecule has 0 aliphatic carbocycles. The van der Waals surface area contributed by atoms with Crippen molar-refractivity contribution < 1.29 is 20.8 Å². The normalized spacial score (nSPS) is 11.0. The van der Waals surface area contributed by atoms with Crippen molar-refractivity contribution in [2.75, 3.05) is 0 Å². The molecule has 0 N–H and O–H groups in total. The van der Waals surface area contributed by atoms with Gasteiger partial charge in [-0.1, -0.05) is 127 Å². The van der Waals surface area contributed by atoms with Gasteiger partial charge >= 0.3 is 37.9 Å². The van der Waals surface area contributed by atoms with Crippen molar-refractivity contribution in [1.82, 2.24) is 0 Å². The van der Waals surface area contributed by atoms with E-state index >= 15 is 0 Å². The number of rotatable bonds is 6. The number of fused-ring (bicyclic) bond motifs is 4. The van der Waals surface area contributed by atoms with Gasteiger partial charge in [-0.2, -0.15) is 35.5 Å². The zero-order chi connectivity index (χ0) is 30.0. The summed E-state index contributed by atoms with van der Waals surface area (Å²) in [5, 5.41) is 5.60. The fourth-order valence-corrected chi connectivity index (χ4v) is 7.22. The molecule has 0 atom stereocenters. The van der Waals surface area contributed by atoms with E-state index in [1.807, 2.05) is 6.07 Å². The molecular weight excluding hydrogens is 659 g/mol. The molecule has 4 heteroatoms. The number of hydrogen-bond donors (Lipinski definition) is 0. The van der Waals surface area contributed by atoms with Gasteiger partial charge in [-0.15, -0.1) is 40.1 Å². The fraction of sp³-hybridized carbons (Fsp3) is 0.154. The van der Waals surface area contributed by atoms with Crippen molar-refractivity contribution in [3.8, 4) is 33.4 Å². The first-order valence-corrected chi connectivity index (χ1v) is 22.2. The summed E-state index contributed by atoms with van der Waals surface area (Å²) in [6.45, 7) is 4.52. The van der Waals surface area contributed by atoms with Gasteiger partial charge in [-0.3, -0.25) is 0 Å². The van der Waals surface area contributed by atoms with E-state index in [0.717, 1.165) is 28.8 Å². The maximum Gasteiger partial charge on any atom is 0.0920 e. The van der Waals surface area contributed by atoms with Crippen LogP contribution in [0, 0.1) is 6.07 Å². The van der Waals surface area contributed by atoms with Gasteiger partial charge in [0, 0.05) is 0 Å². The first-order valence-electron chi connectivity index (χ1n) is 14.9. The van der Waals surface area contributed by atoms with Crippen LogP contribution in [-0.4, -0.2) is 9.52 Å². The van der Waals surface area contributed by atoms with E-state index in [9.17, 15) is 0 Å². The third kappa shape index (κ3) is 7.55. The monoisotopic (exact) mass is 690 g/mol. The van der Waals surface area contributed by atoms with Crippen LogP contribution < -0.4 is 10.4 Å². The Morgan fingerprint density at radius 2 is 1.35 bits per heavy atom. The van der Waals surface area contributed by atoms with Crippen LogP contribution in [0.2, 0.25) is 0 Å². The van der Waals surface area contributed by atoms with Crippen LogP contribution >= 0.6 is 17.0 Å². The minimum atomic E-state index is -0.826. The van der Waals surface area contributed by atoms with Crippen LogP contribution in [0.4, 0.5) is 0 Å². The summed E-state index contributed by atoms with van der Waals surface area (Å²) in [4.78, 5) is 0. The van der Waals surface area contributed by atoms with Crippen molar-refractivity contribution in [2.45, 2.75) is 39.5 Å². The van der Waals surface area contributed by atoms with Crippen molar-refractivity contribution in [3.63, 3.8) is 0 Å². The van der Waals surface area contributed by atoms with E-state index in [1.165, 1.54) is 72.1 Å². The third-order valence-corrected chi connectivity index (χ3v) is 9.08. The smallest absolute Gasteiger partial charge is 0.0920 e. The number of halogens is 2. The van der Waals surface area contributed by atoms with Gasteiger partial charge in [0.1, 0.15) is 0 Å². The van der Waals surface area contributed by atoms with Crippen molar-refractivity contribution in [2.24, 2.45) is 0 Å². The average molecular weight is 693 g/mol. The zero-order valence-corrected chi connectivity index (χ0v) is 29.6. The molecule has 2 radical (unpaired) electrons. The molecule has 43 heavy (non-hydrogen) atoms. The van der Waals surface area contributed by atoms with Crippen LogP contribution in [0.3, 0.4) is 0 Å². The molecule has 6 aromatic rings. The van der Waals surface area contributed by atoms with Crippen LogP contribution in [0.1, 0.15) is 37.8 Å². The molecule has 0 aromatic heterocycles. The Hall–Kier alpha value is -2.61. The van der Waals surface area contributed by atoms with Gasteiger partial charge in [-0.25, -0.2) is 0 Å². The van der Waals surface area contributed by atoms with Crippen LogP contribution in [-0.2, 0) is 33.7 Å². The second-order valence-electron chi connectivity index (χ2n) is 10.6. The van der Waals surface area contributed by atoms with Crippen LogP contribution in [0.5, 0.6) is 0 Å². The summed E-state index contributed by atoms with van der Waals surface area (Å²) in [5.74, 6) is 0. The molecule has 1 heterocycles. The molecule has 0 bridgehead atoms. The second-order valence-corrected chi connectivity index (χ2v) is 15.6. The number of hydrogen-bond acceptors (Lipinski definition) is 0. The molecule has 0 unspecified atom stereocenters. The topological polar surface area (TPSA) is 0 Å². The Balaban J connectivity index is 0.000000190. The predicted molar refractivity (Wildman–Crippen MR) is 186 cm³/mol. The number of benzene rings is 5. The molecule has 7 rings (SSSR count). The Labute approximate surface area is 278 Å². The van der Waals surface area contributed by atoms with Crippen LogP contribution in [0.25, 0.3) is 44.2 Å². The Kier molecular flexibility index (Phi) is 11.8. The second kappa shape index (κ2) is 15.9. The zero-order valence-electron chi connectivity index (χ0n) is 24.6. The molecule has 0 fully saturated rings. The molecule has 0 spiro atoms. The first kappa shape index (κ1) is 31.8. The SMILES string of the molecule is CCCc1cc2c(-c3ccccc3-c3ccccc3)c(CCC)ccc2[cH-]1.[Cl][Zr+2][Cl].[c-]1cccc2c1[Si]c1ccccc1-2. The average Bonchev–Trinajstić information content (AvgIpc) is 3.64. The van der Waals surface area contributed by atoms with E-state index in [2.05, 4.69) is 135 Å². The maximum atomic E-state index is 4.93. The number of aryl methyl sites for hydroxylation is 2. The molecule has 212 valence electrons. The van der Waals surface area contributed by atoms with Crippen molar-refractivity contribution in [3.05, 3.63) is 139 Å². The molecule has 1 aliphatic heterocycles. The maximum absolute atomic E-state index is 4.93. The van der Waals surface area contributed by atoms with Gasteiger partial charge in [0.2, 0.25) is 0 Å². The quantitative estimate of drug-likeness (QED) is 0.120. The third-order valence-electron chi connectivity index (χ3n) is 7.71. The van der Waals surface area contributed by atoms with Crippen molar-refractivity contribution in [1.29, 1.82) is 0 Å². The molecule has 6 aromatic carbocycles. The molecule has 0 saturated heterocycles. The standard InChI is InChI=1S/C27H27.C12H7Si.2ClH.Zr/c1-3-10-20-18-23-17-16-22(11-4-2)27(26(23)19-20)25-15-9-8-14-24(25)21-12-6-5-7-13-21;1-3-7-11-9(5-1)10-6-2-4-8-12(10)13-11;;;/h5-9,12-19H,3-4,10-11H2,1-2H3;1-7H;2*1H;/q2*-1;;;+4/p-2. The minimum Gasteiger partial charge on any atom is -0.184 e. The fourth-order valence-electron chi connectivity index (χ4n) is 5.91. The Morgan fingerprint density at radius 3 is 2.09 bits per heavy atom. The molecular formula is C39H34Cl2SiZr. The first-order chi connectivity index (χ1) is 21.2. The van der Waals surface area contributed by atoms with Gasteiger partial charge in [0.05, 0.1) is 9.52 Å². The van der Waals surface area contributed by atoms with E-state index in [1.54, 1.807) is 0 Å². The van der Waals surface area contributed by atoms with E-state index in [-0.39, 0.29) is 0 Å². The summed E-state index contributed by atoms with van der Waals surface area (Å²) < 4.78 is 0. The molecule has 0 nitrogen and oxygen atoms in total. The summed E-state index contributed by atoms with van der Waals surface area (Å²) in [6.07, 6.45) is 4.61. The summed E-state index contributed by atoms with van der Waals surface area (Å²) in [5.41, 5.74) is 11.1. The molecule has 0 amide bonds. The van der Waals surface area contributed by atoms with Gasteiger partial charge in [0.15, 0.2) is 0 Å². The summed E-state index contributed by atoms with van der Waals surface area (Å²) in [6, 6.07) is 47.3. The van der Waals surface area contributed by atoms with E-state index in [0.29, 0.717) is 0 Å². The minimum absolute atomic E-state index is 0.795. The van der Waals surface area contributed by atoms with Gasteiger partial charge in [0.25, 0.3) is 0 Å². The van der Waals surface area contributed by atoms with E-state index < -0.39 is 20.8 Å². The molecule has 0 saturated carbocycles. The van der Waals surface area contributed by atoms with E-state index in [4.69, 9.17) is 17.0 Å². The predicted octanol–water partition coefficient (Wildman–Crippen LogP) is 10.3. The summed E-state index contributed by atoms with van der Waals surface area (Å²) in [7, 11) is 10.7. The summed E-state index contributed by atoms with van der Waals surface area (Å²) >= 11 is -0.826. The van der Waals surface area contributed by atoms with Gasteiger partial charge in [-0.05, 0) is 29.5 Å².